The fraction of sp³-hybridized carbons (Fsp3) is 0.222. The quantitative estimate of drug-likeness (QED) is 0.534. The minimum absolute atomic E-state index is 0.0337. The molecule has 2 aliphatic rings. The van der Waals surface area contributed by atoms with Crippen molar-refractivity contribution >= 4 is 51.2 Å². The van der Waals surface area contributed by atoms with Crippen molar-refractivity contribution in [3.63, 3.8) is 0 Å². The van der Waals surface area contributed by atoms with E-state index < -0.39 is 53.1 Å². The Morgan fingerprint density at radius 1 is 1.16 bits per heavy atom. The number of alkyl halides is 3. The molecular formula is C18H11BrF3N5O5. The summed E-state index contributed by atoms with van der Waals surface area (Å²) in [6.45, 7) is 0. The van der Waals surface area contributed by atoms with Crippen LogP contribution < -0.4 is 10.6 Å². The first-order valence-corrected chi connectivity index (χ1v) is 9.76. The zero-order valence-electron chi connectivity index (χ0n) is 15.7. The van der Waals surface area contributed by atoms with Gasteiger partial charge in [0.25, 0.3) is 17.7 Å². The van der Waals surface area contributed by atoms with Crippen molar-refractivity contribution in [3.8, 4) is 0 Å². The summed E-state index contributed by atoms with van der Waals surface area (Å²) < 4.78 is 39.0. The minimum atomic E-state index is -4.87. The first kappa shape index (κ1) is 21.7. The van der Waals surface area contributed by atoms with Crippen LogP contribution in [-0.4, -0.2) is 50.4 Å². The number of H-pyrrole nitrogens is 1. The van der Waals surface area contributed by atoms with Gasteiger partial charge in [0.15, 0.2) is 16.1 Å². The second kappa shape index (κ2) is 7.55. The Kier molecular flexibility index (Phi) is 5.11. The van der Waals surface area contributed by atoms with Crippen molar-refractivity contribution in [2.75, 3.05) is 5.32 Å². The lowest BCUT2D eigenvalue weighted by Crippen LogP contribution is -2.54. The van der Waals surface area contributed by atoms with Crippen LogP contribution in [0.3, 0.4) is 0 Å². The van der Waals surface area contributed by atoms with Gasteiger partial charge >= 0.3 is 6.18 Å². The molecule has 0 bridgehead atoms. The predicted molar refractivity (Wildman–Crippen MR) is 102 cm³/mol. The maximum Gasteiger partial charge on any atom is 0.433 e. The fourth-order valence-electron chi connectivity index (χ4n) is 3.45. The van der Waals surface area contributed by atoms with Crippen LogP contribution in [0.4, 0.5) is 18.9 Å². The molecule has 1 unspecified atom stereocenters. The number of nitrogens with zero attached hydrogens (tertiary/aromatic N) is 2. The number of imidazole rings is 1. The number of hydrogen-bond acceptors (Lipinski definition) is 6. The molecule has 0 radical (unpaired) electrons. The maximum atomic E-state index is 13.1. The van der Waals surface area contributed by atoms with Gasteiger partial charge in [0.1, 0.15) is 6.04 Å². The molecule has 3 heterocycles. The van der Waals surface area contributed by atoms with E-state index in [0.29, 0.717) is 0 Å². The van der Waals surface area contributed by atoms with E-state index in [9.17, 15) is 37.1 Å². The smallest absolute Gasteiger partial charge is 0.328 e. The lowest BCUT2D eigenvalue weighted by molar-refractivity contribution is -0.141. The number of piperidine rings is 1. The number of benzene rings is 1. The number of carbonyl (C=O) groups is 5. The first-order chi connectivity index (χ1) is 15.0. The van der Waals surface area contributed by atoms with E-state index in [1.807, 2.05) is 4.98 Å². The highest BCUT2D eigenvalue weighted by atomic mass is 79.9. The standard InChI is InChI=1S/C18H11BrF3N5O5/c19-17-25-11(12(26-17)18(20,21)22)14(30)23-6-1-2-7-8(5-6)16(32)27(15(7)31)9-3-4-10(28)24-13(9)29/h1-2,5,9H,3-4H2,(H,23,30)(H,25,26)(H,24,28,29). The van der Waals surface area contributed by atoms with E-state index in [4.69, 9.17) is 0 Å². The number of fused-ring (bicyclic) bond motifs is 1. The third-order valence-electron chi connectivity index (χ3n) is 4.87. The fourth-order valence-corrected chi connectivity index (χ4v) is 3.83. The number of rotatable bonds is 3. The summed E-state index contributed by atoms with van der Waals surface area (Å²) in [5, 5.41) is 4.27. The number of aromatic amines is 1. The molecule has 166 valence electrons. The van der Waals surface area contributed by atoms with E-state index in [1.54, 1.807) is 0 Å². The van der Waals surface area contributed by atoms with Crippen molar-refractivity contribution in [3.05, 3.63) is 45.4 Å². The molecule has 14 heteroatoms. The topological polar surface area (TPSA) is 141 Å². The van der Waals surface area contributed by atoms with Gasteiger partial charge < -0.3 is 10.3 Å². The molecule has 5 amide bonds. The van der Waals surface area contributed by atoms with Gasteiger partial charge in [0, 0.05) is 12.1 Å². The second-order valence-electron chi connectivity index (χ2n) is 6.91. The SMILES string of the molecule is O=C1CCC(N2C(=O)c3ccc(NC(=O)c4nc(Br)[nH]c4C(F)(F)F)cc3C2=O)C(=O)N1. The van der Waals surface area contributed by atoms with Crippen molar-refractivity contribution in [1.82, 2.24) is 20.2 Å². The van der Waals surface area contributed by atoms with Crippen LogP contribution in [-0.2, 0) is 15.8 Å². The highest BCUT2D eigenvalue weighted by Gasteiger charge is 2.45. The molecule has 10 nitrogen and oxygen atoms in total. The average Bonchev–Trinajstić information content (AvgIpc) is 3.21. The molecule has 1 aromatic heterocycles. The van der Waals surface area contributed by atoms with Gasteiger partial charge in [-0.3, -0.25) is 34.2 Å². The normalized spacial score (nSPS) is 18.6. The molecule has 2 aromatic rings. The molecule has 1 saturated heterocycles. The molecule has 1 aromatic carbocycles. The summed E-state index contributed by atoms with van der Waals surface area (Å²) in [4.78, 5) is 67.3. The molecule has 0 aliphatic carbocycles. The zero-order chi connectivity index (χ0) is 23.4. The Balaban J connectivity index is 1.59. The van der Waals surface area contributed by atoms with Crippen LogP contribution in [0.1, 0.15) is 49.7 Å². The highest BCUT2D eigenvalue weighted by Crippen LogP contribution is 2.33. The molecule has 1 fully saturated rings. The van der Waals surface area contributed by atoms with E-state index >= 15 is 0 Å². The molecule has 0 spiro atoms. The monoisotopic (exact) mass is 513 g/mol. The average molecular weight is 514 g/mol. The summed E-state index contributed by atoms with van der Waals surface area (Å²) in [5.41, 5.74) is -2.53. The van der Waals surface area contributed by atoms with Crippen molar-refractivity contribution in [1.29, 1.82) is 0 Å². The van der Waals surface area contributed by atoms with Gasteiger partial charge in [0.05, 0.1) is 11.1 Å². The first-order valence-electron chi connectivity index (χ1n) is 8.97. The van der Waals surface area contributed by atoms with E-state index in [0.717, 1.165) is 11.0 Å². The molecule has 32 heavy (non-hydrogen) atoms. The summed E-state index contributed by atoms with van der Waals surface area (Å²) in [6, 6.07) is 2.38. The van der Waals surface area contributed by atoms with Gasteiger partial charge in [0.2, 0.25) is 11.8 Å². The lowest BCUT2D eigenvalue weighted by atomic mass is 10.0. The molecule has 3 N–H and O–H groups in total. The van der Waals surface area contributed by atoms with E-state index in [-0.39, 0.29) is 34.4 Å². The lowest BCUT2D eigenvalue weighted by Gasteiger charge is -2.27. The van der Waals surface area contributed by atoms with E-state index in [2.05, 4.69) is 31.5 Å². The molecule has 1 atom stereocenters. The van der Waals surface area contributed by atoms with Gasteiger partial charge in [-0.2, -0.15) is 13.2 Å². The van der Waals surface area contributed by atoms with E-state index in [1.165, 1.54) is 12.1 Å². The number of aromatic nitrogens is 2. The predicted octanol–water partition coefficient (Wildman–Crippen LogP) is 1.84. The van der Waals surface area contributed by atoms with Gasteiger partial charge in [-0.1, -0.05) is 0 Å². The number of nitrogens with one attached hydrogen (secondary N) is 3. The number of amides is 5. The summed E-state index contributed by atoms with van der Waals surface area (Å²) >= 11 is 2.75. The highest BCUT2D eigenvalue weighted by molar-refractivity contribution is 9.10. The molecular weight excluding hydrogens is 503 g/mol. The van der Waals surface area contributed by atoms with Crippen molar-refractivity contribution in [2.45, 2.75) is 25.1 Å². The summed E-state index contributed by atoms with van der Waals surface area (Å²) in [5.74, 6) is -4.08. The Hall–Kier alpha value is -3.55. The number of hydrogen-bond donors (Lipinski definition) is 3. The molecule has 2 aliphatic heterocycles. The maximum absolute atomic E-state index is 13.1. The third-order valence-corrected chi connectivity index (χ3v) is 5.25. The van der Waals surface area contributed by atoms with Gasteiger partial charge in [-0.05, 0) is 40.5 Å². The molecule has 4 rings (SSSR count). The minimum Gasteiger partial charge on any atom is -0.328 e. The number of carbonyl (C=O) groups excluding carboxylic acids is 5. The Morgan fingerprint density at radius 2 is 1.84 bits per heavy atom. The Labute approximate surface area is 184 Å². The largest absolute Gasteiger partial charge is 0.433 e. The van der Waals surface area contributed by atoms with Gasteiger partial charge in [-0.15, -0.1) is 0 Å². The Bertz CT molecular complexity index is 1210. The summed E-state index contributed by atoms with van der Waals surface area (Å²) in [7, 11) is 0. The Morgan fingerprint density at radius 3 is 2.50 bits per heavy atom. The van der Waals surface area contributed by atoms with Crippen molar-refractivity contribution in [2.24, 2.45) is 0 Å². The van der Waals surface area contributed by atoms with Gasteiger partial charge in [-0.25, -0.2) is 4.98 Å². The van der Waals surface area contributed by atoms with Crippen LogP contribution in [0, 0.1) is 0 Å². The zero-order valence-corrected chi connectivity index (χ0v) is 17.3. The van der Waals surface area contributed by atoms with Crippen LogP contribution in [0.2, 0.25) is 0 Å². The van der Waals surface area contributed by atoms with Crippen LogP contribution >= 0.6 is 15.9 Å². The number of halogens is 4. The number of anilines is 1. The third kappa shape index (κ3) is 3.66. The van der Waals surface area contributed by atoms with Crippen molar-refractivity contribution < 1.29 is 37.1 Å². The second-order valence-corrected chi connectivity index (χ2v) is 7.66. The summed E-state index contributed by atoms with van der Waals surface area (Å²) in [6.07, 6.45) is -4.95. The molecule has 0 saturated carbocycles. The number of imide groups is 2. The van der Waals surface area contributed by atoms with Crippen LogP contribution in [0.25, 0.3) is 0 Å². The van der Waals surface area contributed by atoms with Crippen LogP contribution in [0.15, 0.2) is 22.9 Å². The van der Waals surface area contributed by atoms with Crippen LogP contribution in [0.5, 0.6) is 0 Å².